The van der Waals surface area contributed by atoms with E-state index in [1.807, 2.05) is 19.1 Å². The SMILES string of the molecule is CCOC(=O)/C=C/C1CCCc2c1[nH]c1ccccc21. The van der Waals surface area contributed by atoms with Crippen molar-refractivity contribution in [3.8, 4) is 0 Å². The third-order valence-electron chi connectivity index (χ3n) is 3.91. The van der Waals surface area contributed by atoms with Crippen LogP contribution in [0.5, 0.6) is 0 Å². The third kappa shape index (κ3) is 2.36. The maximum atomic E-state index is 11.5. The summed E-state index contributed by atoms with van der Waals surface area (Å²) in [6, 6.07) is 8.41. The first-order chi connectivity index (χ1) is 9.79. The molecule has 0 saturated carbocycles. The molecule has 3 heteroatoms. The van der Waals surface area contributed by atoms with Gasteiger partial charge < -0.3 is 9.72 Å². The van der Waals surface area contributed by atoms with Crippen molar-refractivity contribution in [1.29, 1.82) is 0 Å². The first-order valence-electron chi connectivity index (χ1n) is 7.24. The maximum Gasteiger partial charge on any atom is 0.330 e. The molecule has 1 N–H and O–H groups in total. The average Bonchev–Trinajstić information content (AvgIpc) is 2.84. The van der Waals surface area contributed by atoms with Gasteiger partial charge in [0.2, 0.25) is 0 Å². The molecule has 0 aliphatic heterocycles. The fourth-order valence-electron chi connectivity index (χ4n) is 3.03. The largest absolute Gasteiger partial charge is 0.463 e. The summed E-state index contributed by atoms with van der Waals surface area (Å²) in [6.07, 6.45) is 6.89. The minimum absolute atomic E-state index is 0.254. The van der Waals surface area contributed by atoms with Gasteiger partial charge in [0.05, 0.1) is 6.61 Å². The van der Waals surface area contributed by atoms with Gasteiger partial charge in [-0.15, -0.1) is 0 Å². The molecular formula is C17H19NO2. The fraction of sp³-hybridized carbons (Fsp3) is 0.353. The molecule has 1 unspecified atom stereocenters. The number of fused-ring (bicyclic) bond motifs is 3. The van der Waals surface area contributed by atoms with Gasteiger partial charge in [0.1, 0.15) is 0 Å². The van der Waals surface area contributed by atoms with E-state index in [4.69, 9.17) is 4.74 Å². The normalized spacial score (nSPS) is 18.4. The van der Waals surface area contributed by atoms with E-state index in [2.05, 4.69) is 23.2 Å². The van der Waals surface area contributed by atoms with E-state index >= 15 is 0 Å². The molecule has 1 aromatic heterocycles. The Balaban J connectivity index is 1.92. The van der Waals surface area contributed by atoms with Gasteiger partial charge in [-0.05, 0) is 37.8 Å². The zero-order chi connectivity index (χ0) is 13.9. The minimum Gasteiger partial charge on any atom is -0.463 e. The van der Waals surface area contributed by atoms with Gasteiger partial charge >= 0.3 is 5.97 Å². The highest BCUT2D eigenvalue weighted by molar-refractivity contribution is 5.85. The number of allylic oxidation sites excluding steroid dienone is 1. The molecule has 1 heterocycles. The Bertz CT molecular complexity index is 654. The number of benzene rings is 1. The summed E-state index contributed by atoms with van der Waals surface area (Å²) >= 11 is 0. The van der Waals surface area contributed by atoms with Crippen molar-refractivity contribution in [2.45, 2.75) is 32.1 Å². The zero-order valence-electron chi connectivity index (χ0n) is 11.7. The number of aryl methyl sites for hydroxylation is 1. The minimum atomic E-state index is -0.254. The van der Waals surface area contributed by atoms with Crippen molar-refractivity contribution in [2.75, 3.05) is 6.61 Å². The number of hydrogen-bond acceptors (Lipinski definition) is 2. The monoisotopic (exact) mass is 269 g/mol. The summed E-state index contributed by atoms with van der Waals surface area (Å²) < 4.78 is 4.94. The second-order valence-corrected chi connectivity index (χ2v) is 5.17. The van der Waals surface area contributed by atoms with E-state index in [-0.39, 0.29) is 11.9 Å². The number of aromatic nitrogens is 1. The third-order valence-corrected chi connectivity index (χ3v) is 3.91. The molecule has 2 aromatic rings. The Morgan fingerprint density at radius 3 is 3.15 bits per heavy atom. The van der Waals surface area contributed by atoms with Crippen LogP contribution in [0.25, 0.3) is 10.9 Å². The number of ether oxygens (including phenoxy) is 1. The molecule has 3 rings (SSSR count). The second kappa shape index (κ2) is 5.53. The van der Waals surface area contributed by atoms with Crippen molar-refractivity contribution >= 4 is 16.9 Å². The number of rotatable bonds is 3. The van der Waals surface area contributed by atoms with Gasteiger partial charge in [0.25, 0.3) is 0 Å². The molecule has 0 radical (unpaired) electrons. The van der Waals surface area contributed by atoms with E-state index in [1.54, 1.807) is 6.08 Å². The molecule has 0 fully saturated rings. The Labute approximate surface area is 118 Å². The van der Waals surface area contributed by atoms with Crippen molar-refractivity contribution < 1.29 is 9.53 Å². The summed E-state index contributed by atoms with van der Waals surface area (Å²) in [4.78, 5) is 15.0. The molecule has 1 aliphatic carbocycles. The van der Waals surface area contributed by atoms with Crippen LogP contribution in [-0.2, 0) is 16.0 Å². The molecule has 0 bridgehead atoms. The van der Waals surface area contributed by atoms with E-state index < -0.39 is 0 Å². The van der Waals surface area contributed by atoms with Crippen LogP contribution in [0.3, 0.4) is 0 Å². The number of para-hydroxylation sites is 1. The maximum absolute atomic E-state index is 11.5. The quantitative estimate of drug-likeness (QED) is 0.681. The van der Waals surface area contributed by atoms with Crippen LogP contribution in [0.1, 0.15) is 36.9 Å². The molecule has 20 heavy (non-hydrogen) atoms. The van der Waals surface area contributed by atoms with Gasteiger partial charge in [0.15, 0.2) is 0 Å². The molecular weight excluding hydrogens is 250 g/mol. The molecule has 0 saturated heterocycles. The van der Waals surface area contributed by atoms with Crippen LogP contribution < -0.4 is 0 Å². The zero-order valence-corrected chi connectivity index (χ0v) is 11.7. The average molecular weight is 269 g/mol. The lowest BCUT2D eigenvalue weighted by Crippen LogP contribution is -2.08. The van der Waals surface area contributed by atoms with E-state index in [0.717, 1.165) is 19.3 Å². The highest BCUT2D eigenvalue weighted by Gasteiger charge is 2.22. The van der Waals surface area contributed by atoms with Gasteiger partial charge in [-0.1, -0.05) is 24.3 Å². The van der Waals surface area contributed by atoms with Crippen LogP contribution in [0.2, 0.25) is 0 Å². The summed E-state index contributed by atoms with van der Waals surface area (Å²) in [5.41, 5.74) is 3.86. The van der Waals surface area contributed by atoms with Crippen LogP contribution in [0.4, 0.5) is 0 Å². The highest BCUT2D eigenvalue weighted by atomic mass is 16.5. The highest BCUT2D eigenvalue weighted by Crippen LogP contribution is 2.36. The standard InChI is InChI=1S/C17H19NO2/c1-2-20-16(19)11-10-12-6-5-8-14-13-7-3-4-9-15(13)18-17(12)14/h3-4,7,9-12,18H,2,5-6,8H2,1H3/b11-10+. The fourth-order valence-corrected chi connectivity index (χ4v) is 3.03. The number of hydrogen-bond donors (Lipinski definition) is 1. The second-order valence-electron chi connectivity index (χ2n) is 5.17. The molecule has 1 aromatic carbocycles. The Kier molecular flexibility index (Phi) is 3.59. The summed E-state index contributed by atoms with van der Waals surface area (Å²) in [7, 11) is 0. The lowest BCUT2D eigenvalue weighted by atomic mass is 9.86. The number of carbonyl (C=O) groups is 1. The topological polar surface area (TPSA) is 42.1 Å². The van der Waals surface area contributed by atoms with Crippen molar-refractivity contribution in [3.63, 3.8) is 0 Å². The van der Waals surface area contributed by atoms with Gasteiger partial charge in [-0.2, -0.15) is 0 Å². The predicted molar refractivity (Wildman–Crippen MR) is 79.8 cm³/mol. The number of aromatic amines is 1. The van der Waals surface area contributed by atoms with E-state index in [1.165, 1.54) is 22.2 Å². The van der Waals surface area contributed by atoms with Crippen LogP contribution in [0, 0.1) is 0 Å². The van der Waals surface area contributed by atoms with E-state index in [9.17, 15) is 4.79 Å². The Morgan fingerprint density at radius 1 is 1.45 bits per heavy atom. The smallest absolute Gasteiger partial charge is 0.330 e. The first-order valence-corrected chi connectivity index (χ1v) is 7.24. The predicted octanol–water partition coefficient (Wildman–Crippen LogP) is 3.71. The van der Waals surface area contributed by atoms with Crippen molar-refractivity contribution in [3.05, 3.63) is 47.7 Å². The Morgan fingerprint density at radius 2 is 2.30 bits per heavy atom. The molecule has 0 spiro atoms. The lowest BCUT2D eigenvalue weighted by molar-refractivity contribution is -0.137. The molecule has 1 aliphatic rings. The molecule has 0 amide bonds. The van der Waals surface area contributed by atoms with E-state index in [0.29, 0.717) is 6.61 Å². The number of H-pyrrole nitrogens is 1. The van der Waals surface area contributed by atoms with Crippen LogP contribution in [-0.4, -0.2) is 17.6 Å². The summed E-state index contributed by atoms with van der Waals surface area (Å²) in [6.45, 7) is 2.24. The summed E-state index contributed by atoms with van der Waals surface area (Å²) in [5, 5.41) is 1.32. The molecule has 1 atom stereocenters. The van der Waals surface area contributed by atoms with Crippen LogP contribution >= 0.6 is 0 Å². The first kappa shape index (κ1) is 13.0. The van der Waals surface area contributed by atoms with Crippen LogP contribution in [0.15, 0.2) is 36.4 Å². The summed E-state index contributed by atoms with van der Waals surface area (Å²) in [5.74, 6) is 0.0336. The van der Waals surface area contributed by atoms with Crippen molar-refractivity contribution in [1.82, 2.24) is 4.98 Å². The lowest BCUT2D eigenvalue weighted by Gasteiger charge is -2.19. The van der Waals surface area contributed by atoms with Crippen molar-refractivity contribution in [2.24, 2.45) is 0 Å². The molecule has 104 valence electrons. The van der Waals surface area contributed by atoms with Gasteiger partial charge in [-0.25, -0.2) is 4.79 Å². The molecule has 3 nitrogen and oxygen atoms in total. The number of esters is 1. The van der Waals surface area contributed by atoms with Gasteiger partial charge in [-0.3, -0.25) is 0 Å². The Hall–Kier alpha value is -2.03. The number of carbonyl (C=O) groups excluding carboxylic acids is 1. The van der Waals surface area contributed by atoms with Gasteiger partial charge in [0, 0.05) is 28.6 Å². The number of nitrogens with one attached hydrogen (secondary N) is 1.